The van der Waals surface area contributed by atoms with Gasteiger partial charge in [-0.25, -0.2) is 4.39 Å². The Balaban J connectivity index is 2.34. The van der Waals surface area contributed by atoms with Gasteiger partial charge in [0.1, 0.15) is 10.8 Å². The Morgan fingerprint density at radius 3 is 2.78 bits per heavy atom. The molecule has 4 heteroatoms. The first-order valence-electron chi connectivity index (χ1n) is 6.50. The number of rotatable bonds is 6. The maximum Gasteiger partial charge on any atom is 0.135 e. The van der Waals surface area contributed by atoms with Gasteiger partial charge in [0.2, 0.25) is 0 Å². The van der Waals surface area contributed by atoms with Crippen LogP contribution in [0.1, 0.15) is 38.2 Å². The van der Waals surface area contributed by atoms with Crippen LogP contribution in [0, 0.1) is 5.82 Å². The normalized spacial score (nSPS) is 14.6. The lowest BCUT2D eigenvalue weighted by Crippen LogP contribution is -2.30. The van der Waals surface area contributed by atoms with E-state index in [9.17, 15) is 4.39 Å². The van der Waals surface area contributed by atoms with Crippen molar-refractivity contribution in [3.05, 3.63) is 29.6 Å². The average Bonchev–Trinajstić information content (AvgIpc) is 3.13. The molecule has 2 rings (SSSR count). The van der Waals surface area contributed by atoms with Crippen molar-refractivity contribution in [3.8, 4) is 0 Å². The summed E-state index contributed by atoms with van der Waals surface area (Å²) in [7, 11) is 0. The maximum absolute atomic E-state index is 13.9. The van der Waals surface area contributed by atoms with Gasteiger partial charge in [-0.1, -0.05) is 31.6 Å². The van der Waals surface area contributed by atoms with Crippen molar-refractivity contribution in [2.75, 3.05) is 11.4 Å². The number of hydrogen-bond acceptors (Lipinski definition) is 2. The van der Waals surface area contributed by atoms with Crippen molar-refractivity contribution in [2.45, 2.75) is 38.6 Å². The molecule has 0 unspecified atom stereocenters. The van der Waals surface area contributed by atoms with Crippen LogP contribution in [-0.2, 0) is 0 Å². The van der Waals surface area contributed by atoms with Gasteiger partial charge in [-0.2, -0.15) is 0 Å². The smallest absolute Gasteiger partial charge is 0.135 e. The second-order valence-electron chi connectivity index (χ2n) is 4.78. The number of halogens is 1. The number of hydrogen-bond donors (Lipinski definition) is 1. The zero-order valence-corrected chi connectivity index (χ0v) is 11.5. The molecule has 1 fully saturated rings. The molecule has 1 saturated carbocycles. The van der Waals surface area contributed by atoms with E-state index in [0.29, 0.717) is 11.6 Å². The minimum Gasteiger partial charge on any atom is -0.389 e. The molecule has 1 aromatic rings. The molecular weight excluding hydrogens is 247 g/mol. The number of nitrogens with zero attached hydrogens (tertiary/aromatic N) is 1. The van der Waals surface area contributed by atoms with Crippen molar-refractivity contribution < 1.29 is 4.39 Å². The molecule has 0 heterocycles. The quantitative estimate of drug-likeness (QED) is 0.802. The van der Waals surface area contributed by atoms with E-state index in [4.69, 9.17) is 18.0 Å². The molecule has 0 atom stereocenters. The van der Waals surface area contributed by atoms with E-state index in [1.807, 2.05) is 6.07 Å². The minimum atomic E-state index is -0.317. The Morgan fingerprint density at radius 1 is 1.50 bits per heavy atom. The van der Waals surface area contributed by atoms with Gasteiger partial charge >= 0.3 is 0 Å². The number of anilines is 1. The van der Waals surface area contributed by atoms with Gasteiger partial charge in [-0.05, 0) is 31.4 Å². The molecule has 0 aromatic heterocycles. The third-order valence-corrected chi connectivity index (χ3v) is 3.49. The van der Waals surface area contributed by atoms with Crippen LogP contribution in [0.2, 0.25) is 0 Å². The maximum atomic E-state index is 13.9. The molecular formula is C14H19FN2S. The predicted octanol–water partition coefficient (Wildman–Crippen LogP) is 3.23. The second kappa shape index (κ2) is 5.65. The van der Waals surface area contributed by atoms with E-state index in [1.165, 1.54) is 18.9 Å². The highest BCUT2D eigenvalue weighted by atomic mass is 32.1. The van der Waals surface area contributed by atoms with Gasteiger partial charge in [0.05, 0.1) is 11.3 Å². The van der Waals surface area contributed by atoms with Crippen LogP contribution in [0.3, 0.4) is 0 Å². The van der Waals surface area contributed by atoms with Crippen molar-refractivity contribution in [2.24, 2.45) is 5.73 Å². The number of benzene rings is 1. The first-order chi connectivity index (χ1) is 8.65. The van der Waals surface area contributed by atoms with Crippen LogP contribution in [0.5, 0.6) is 0 Å². The molecule has 18 heavy (non-hydrogen) atoms. The lowest BCUT2D eigenvalue weighted by atomic mass is 10.1. The highest BCUT2D eigenvalue weighted by Crippen LogP contribution is 2.34. The van der Waals surface area contributed by atoms with Crippen molar-refractivity contribution >= 4 is 22.9 Å². The molecule has 0 radical (unpaired) electrons. The third-order valence-electron chi connectivity index (χ3n) is 3.29. The van der Waals surface area contributed by atoms with E-state index < -0.39 is 0 Å². The lowest BCUT2D eigenvalue weighted by Gasteiger charge is -2.27. The number of nitrogens with two attached hydrogens (primary N) is 1. The van der Waals surface area contributed by atoms with E-state index in [1.54, 1.807) is 6.07 Å². The third kappa shape index (κ3) is 2.80. The van der Waals surface area contributed by atoms with Gasteiger partial charge in [-0.15, -0.1) is 0 Å². The van der Waals surface area contributed by atoms with Crippen molar-refractivity contribution in [1.82, 2.24) is 0 Å². The zero-order chi connectivity index (χ0) is 13.1. The van der Waals surface area contributed by atoms with Gasteiger partial charge in [0.25, 0.3) is 0 Å². The van der Waals surface area contributed by atoms with E-state index >= 15 is 0 Å². The Hall–Kier alpha value is -1.16. The summed E-state index contributed by atoms with van der Waals surface area (Å²) in [5.74, 6) is -0.317. The van der Waals surface area contributed by atoms with Gasteiger partial charge < -0.3 is 10.6 Å². The molecule has 0 amide bonds. The highest BCUT2D eigenvalue weighted by molar-refractivity contribution is 7.80. The van der Waals surface area contributed by atoms with E-state index in [2.05, 4.69) is 11.8 Å². The largest absolute Gasteiger partial charge is 0.389 e. The fourth-order valence-corrected chi connectivity index (χ4v) is 2.41. The molecule has 0 bridgehead atoms. The second-order valence-corrected chi connectivity index (χ2v) is 5.22. The first-order valence-corrected chi connectivity index (χ1v) is 6.91. The Labute approximate surface area is 113 Å². The predicted molar refractivity (Wildman–Crippen MR) is 77.6 cm³/mol. The van der Waals surface area contributed by atoms with E-state index in [0.717, 1.165) is 25.1 Å². The van der Waals surface area contributed by atoms with Crippen LogP contribution in [0.15, 0.2) is 18.2 Å². The summed E-state index contributed by atoms with van der Waals surface area (Å²) in [6.45, 7) is 3.10. The standard InChI is InChI=1S/C14H19FN2S/c1-2-3-9-17(10-7-8-10)12-6-4-5-11(15)13(12)14(16)18/h4-6,10H,2-3,7-9H2,1H3,(H2,16,18). The first kappa shape index (κ1) is 13.3. The fraction of sp³-hybridized carbons (Fsp3) is 0.500. The van der Waals surface area contributed by atoms with Crippen LogP contribution in [0.4, 0.5) is 10.1 Å². The van der Waals surface area contributed by atoms with Crippen LogP contribution < -0.4 is 10.6 Å². The minimum absolute atomic E-state index is 0.144. The lowest BCUT2D eigenvalue weighted by molar-refractivity contribution is 0.622. The summed E-state index contributed by atoms with van der Waals surface area (Å²) in [5, 5.41) is 0. The topological polar surface area (TPSA) is 29.3 Å². The molecule has 0 saturated heterocycles. The molecule has 1 aliphatic rings. The molecule has 1 aliphatic carbocycles. The van der Waals surface area contributed by atoms with Crippen LogP contribution in [0.25, 0.3) is 0 Å². The molecule has 1 aromatic carbocycles. The summed E-state index contributed by atoms with van der Waals surface area (Å²) in [5.41, 5.74) is 6.93. The van der Waals surface area contributed by atoms with E-state index in [-0.39, 0.29) is 10.8 Å². The highest BCUT2D eigenvalue weighted by Gasteiger charge is 2.31. The fourth-order valence-electron chi connectivity index (χ4n) is 2.21. The average molecular weight is 266 g/mol. The Bertz CT molecular complexity index is 443. The Morgan fingerprint density at radius 2 is 2.22 bits per heavy atom. The van der Waals surface area contributed by atoms with Crippen LogP contribution in [-0.4, -0.2) is 17.6 Å². The zero-order valence-electron chi connectivity index (χ0n) is 10.7. The van der Waals surface area contributed by atoms with Crippen molar-refractivity contribution in [1.29, 1.82) is 0 Å². The summed E-state index contributed by atoms with van der Waals surface area (Å²) < 4.78 is 13.9. The van der Waals surface area contributed by atoms with Gasteiger partial charge in [0, 0.05) is 12.6 Å². The number of thiocarbonyl (C=S) groups is 1. The summed E-state index contributed by atoms with van der Waals surface area (Å²) >= 11 is 4.99. The summed E-state index contributed by atoms with van der Waals surface area (Å²) in [6, 6.07) is 5.61. The van der Waals surface area contributed by atoms with Gasteiger partial charge in [0.15, 0.2) is 0 Å². The molecule has 0 spiro atoms. The monoisotopic (exact) mass is 266 g/mol. The SMILES string of the molecule is CCCCN(c1cccc(F)c1C(N)=S)C1CC1. The summed E-state index contributed by atoms with van der Waals surface area (Å²) in [4.78, 5) is 2.41. The number of unbranched alkanes of at least 4 members (excludes halogenated alkanes) is 1. The van der Waals surface area contributed by atoms with Gasteiger partial charge in [-0.3, -0.25) is 0 Å². The molecule has 0 aliphatic heterocycles. The summed E-state index contributed by atoms with van der Waals surface area (Å²) in [6.07, 6.45) is 4.58. The molecule has 98 valence electrons. The molecule has 2 N–H and O–H groups in total. The Kier molecular flexibility index (Phi) is 4.17. The van der Waals surface area contributed by atoms with Crippen LogP contribution >= 0.6 is 12.2 Å². The molecule has 2 nitrogen and oxygen atoms in total. The van der Waals surface area contributed by atoms with Crippen molar-refractivity contribution in [3.63, 3.8) is 0 Å².